The predicted molar refractivity (Wildman–Crippen MR) is 76.3 cm³/mol. The van der Waals surface area contributed by atoms with E-state index in [-0.39, 0.29) is 5.97 Å². The molecule has 1 aromatic carbocycles. The molecule has 0 radical (unpaired) electrons. The van der Waals surface area contributed by atoms with Gasteiger partial charge in [-0.3, -0.25) is 10.1 Å². The highest BCUT2D eigenvalue weighted by Gasteiger charge is 2.52. The van der Waals surface area contributed by atoms with E-state index in [1.807, 2.05) is 0 Å². The molecule has 1 saturated carbocycles. The Morgan fingerprint density at radius 3 is 2.43 bits per heavy atom. The van der Waals surface area contributed by atoms with E-state index in [1.54, 1.807) is 31.2 Å². The number of rotatable bonds is 6. The van der Waals surface area contributed by atoms with E-state index >= 15 is 0 Å². The van der Waals surface area contributed by atoms with Crippen LogP contribution in [0, 0.1) is 5.41 Å². The molecule has 1 aliphatic carbocycles. The Hall–Kier alpha value is -2.24. The largest absolute Gasteiger partial charge is 0.492 e. The number of carbonyl (C=O) groups is 2. The van der Waals surface area contributed by atoms with Crippen molar-refractivity contribution in [3.05, 3.63) is 24.3 Å². The van der Waals surface area contributed by atoms with E-state index in [0.29, 0.717) is 24.7 Å². The van der Waals surface area contributed by atoms with Crippen LogP contribution in [-0.2, 0) is 14.3 Å². The van der Waals surface area contributed by atoms with Crippen molar-refractivity contribution < 1.29 is 23.8 Å². The number of nitrogens with one attached hydrogen (secondary N) is 1. The lowest BCUT2D eigenvalue weighted by molar-refractivity contribution is -0.148. The molecule has 0 unspecified atom stereocenters. The lowest BCUT2D eigenvalue weighted by Gasteiger charge is -2.14. The molecule has 114 valence electrons. The van der Waals surface area contributed by atoms with Crippen LogP contribution in [0.15, 0.2) is 24.3 Å². The second-order valence-electron chi connectivity index (χ2n) is 4.93. The van der Waals surface area contributed by atoms with Crippen LogP contribution in [0.5, 0.6) is 5.75 Å². The minimum atomic E-state index is -0.492. The quantitative estimate of drug-likeness (QED) is 0.816. The summed E-state index contributed by atoms with van der Waals surface area (Å²) in [5, 5.41) is 2.59. The Balaban J connectivity index is 1.85. The zero-order valence-corrected chi connectivity index (χ0v) is 12.2. The first-order chi connectivity index (χ1) is 10.1. The van der Waals surface area contributed by atoms with Gasteiger partial charge in [0.15, 0.2) is 0 Å². The first-order valence-corrected chi connectivity index (χ1v) is 6.85. The minimum absolute atomic E-state index is 0.219. The smallest absolute Gasteiger partial charge is 0.411 e. The topological polar surface area (TPSA) is 73.9 Å². The van der Waals surface area contributed by atoms with E-state index in [1.165, 1.54) is 7.11 Å². The second kappa shape index (κ2) is 6.47. The molecule has 1 aliphatic rings. The molecule has 1 N–H and O–H groups in total. The number of hydrogen-bond acceptors (Lipinski definition) is 5. The Labute approximate surface area is 123 Å². The average Bonchev–Trinajstić information content (AvgIpc) is 3.27. The second-order valence-corrected chi connectivity index (χ2v) is 4.93. The van der Waals surface area contributed by atoms with Crippen molar-refractivity contribution in [3.8, 4) is 5.75 Å². The first kappa shape index (κ1) is 15.2. The Morgan fingerprint density at radius 1 is 1.24 bits per heavy atom. The molecule has 0 aliphatic heterocycles. The maximum atomic E-state index is 11.6. The monoisotopic (exact) mass is 293 g/mol. The van der Waals surface area contributed by atoms with Crippen LogP contribution in [0.25, 0.3) is 0 Å². The van der Waals surface area contributed by atoms with Gasteiger partial charge in [-0.15, -0.1) is 0 Å². The van der Waals surface area contributed by atoms with Gasteiger partial charge in [-0.25, -0.2) is 4.79 Å². The van der Waals surface area contributed by atoms with Gasteiger partial charge in [0.05, 0.1) is 13.7 Å². The first-order valence-electron chi connectivity index (χ1n) is 6.85. The summed E-state index contributed by atoms with van der Waals surface area (Å²) in [5.41, 5.74) is 0.145. The third-order valence-electron chi connectivity index (χ3n) is 3.36. The van der Waals surface area contributed by atoms with Gasteiger partial charge in [-0.2, -0.15) is 0 Å². The average molecular weight is 293 g/mol. The van der Waals surface area contributed by atoms with Crippen LogP contribution in [0.3, 0.4) is 0 Å². The number of benzene rings is 1. The number of carbonyl (C=O) groups excluding carboxylic acids is 2. The number of ether oxygens (including phenoxy) is 3. The van der Waals surface area contributed by atoms with Crippen LogP contribution in [-0.4, -0.2) is 32.4 Å². The molecule has 21 heavy (non-hydrogen) atoms. The highest BCUT2D eigenvalue weighted by molar-refractivity contribution is 5.84. The van der Waals surface area contributed by atoms with Gasteiger partial charge in [0.1, 0.15) is 17.8 Å². The van der Waals surface area contributed by atoms with Gasteiger partial charge >= 0.3 is 12.1 Å². The summed E-state index contributed by atoms with van der Waals surface area (Å²) in [6.45, 7) is 2.37. The lowest BCUT2D eigenvalue weighted by atomic mass is 10.1. The van der Waals surface area contributed by atoms with Gasteiger partial charge in [-0.1, -0.05) is 0 Å². The Morgan fingerprint density at radius 2 is 1.90 bits per heavy atom. The fourth-order valence-corrected chi connectivity index (χ4v) is 1.92. The highest BCUT2D eigenvalue weighted by Crippen LogP contribution is 2.46. The highest BCUT2D eigenvalue weighted by atomic mass is 16.5. The number of esters is 1. The summed E-state index contributed by atoms with van der Waals surface area (Å²) in [4.78, 5) is 22.8. The molecule has 1 amide bonds. The van der Waals surface area contributed by atoms with Gasteiger partial charge in [0.2, 0.25) is 0 Å². The summed E-state index contributed by atoms with van der Waals surface area (Å²) in [7, 11) is 1.39. The van der Waals surface area contributed by atoms with Gasteiger partial charge in [0.25, 0.3) is 0 Å². The molecule has 0 atom stereocenters. The Bertz CT molecular complexity index is 507. The van der Waals surface area contributed by atoms with Crippen LogP contribution in [0.1, 0.15) is 19.8 Å². The molecule has 1 fully saturated rings. The van der Waals surface area contributed by atoms with Gasteiger partial charge < -0.3 is 14.2 Å². The van der Waals surface area contributed by atoms with Crippen molar-refractivity contribution in [1.82, 2.24) is 0 Å². The number of anilines is 1. The normalized spacial score (nSPS) is 15.0. The summed E-state index contributed by atoms with van der Waals surface area (Å²) < 4.78 is 15.2. The molecule has 0 heterocycles. The molecule has 1 aromatic rings. The number of methoxy groups -OCH3 is 1. The minimum Gasteiger partial charge on any atom is -0.492 e. The summed E-state index contributed by atoms with van der Waals surface area (Å²) in [6, 6.07) is 6.89. The summed E-state index contributed by atoms with van der Waals surface area (Å²) >= 11 is 0. The Kier molecular flexibility index (Phi) is 4.67. The molecule has 0 saturated heterocycles. The van der Waals surface area contributed by atoms with Crippen LogP contribution in [0.2, 0.25) is 0 Å². The fraction of sp³-hybridized carbons (Fsp3) is 0.467. The van der Waals surface area contributed by atoms with E-state index in [9.17, 15) is 9.59 Å². The van der Waals surface area contributed by atoms with Crippen molar-refractivity contribution in [1.29, 1.82) is 0 Å². The molecule has 0 bridgehead atoms. The predicted octanol–water partition coefficient (Wildman–Crippen LogP) is 2.59. The fourth-order valence-electron chi connectivity index (χ4n) is 1.92. The van der Waals surface area contributed by atoms with Crippen LogP contribution in [0.4, 0.5) is 10.5 Å². The number of amides is 1. The maximum Gasteiger partial charge on any atom is 0.411 e. The molecule has 0 spiro atoms. The maximum absolute atomic E-state index is 11.6. The molecule has 2 rings (SSSR count). The number of hydrogen-bond donors (Lipinski definition) is 1. The van der Waals surface area contributed by atoms with Crippen molar-refractivity contribution in [2.24, 2.45) is 5.41 Å². The molecule has 6 nitrogen and oxygen atoms in total. The lowest BCUT2D eigenvalue weighted by Crippen LogP contribution is -2.24. The van der Waals surface area contributed by atoms with Crippen LogP contribution < -0.4 is 10.1 Å². The third kappa shape index (κ3) is 3.87. The zero-order chi connectivity index (χ0) is 15.3. The molecule has 6 heteroatoms. The van der Waals surface area contributed by atoms with E-state index in [2.05, 4.69) is 5.32 Å². The van der Waals surface area contributed by atoms with Gasteiger partial charge in [0, 0.05) is 5.69 Å². The van der Waals surface area contributed by atoms with Crippen LogP contribution >= 0.6 is 0 Å². The van der Waals surface area contributed by atoms with Crippen molar-refractivity contribution in [2.45, 2.75) is 19.8 Å². The van der Waals surface area contributed by atoms with E-state index in [0.717, 1.165) is 12.8 Å². The third-order valence-corrected chi connectivity index (χ3v) is 3.36. The summed E-state index contributed by atoms with van der Waals surface area (Å²) in [6.07, 6.45) is 1.10. The van der Waals surface area contributed by atoms with E-state index < -0.39 is 11.5 Å². The summed E-state index contributed by atoms with van der Waals surface area (Å²) in [5.74, 6) is 0.419. The zero-order valence-electron chi connectivity index (χ0n) is 12.2. The van der Waals surface area contributed by atoms with Gasteiger partial charge in [-0.05, 0) is 44.0 Å². The molecular weight excluding hydrogens is 274 g/mol. The van der Waals surface area contributed by atoms with Crippen molar-refractivity contribution in [2.75, 3.05) is 25.6 Å². The SMILES string of the molecule is CCOC(=O)Nc1ccc(OCC2(C(=O)OC)CC2)cc1. The van der Waals surface area contributed by atoms with Crippen molar-refractivity contribution in [3.63, 3.8) is 0 Å². The molecule has 0 aromatic heterocycles. The van der Waals surface area contributed by atoms with Crippen molar-refractivity contribution >= 4 is 17.7 Å². The standard InChI is InChI=1S/C15H19NO5/c1-3-20-14(18)16-11-4-6-12(7-5-11)21-10-15(8-9-15)13(17)19-2/h4-7H,3,8-10H2,1-2H3,(H,16,18). The molecular formula is C15H19NO5. The van der Waals surface area contributed by atoms with E-state index in [4.69, 9.17) is 14.2 Å².